The predicted octanol–water partition coefficient (Wildman–Crippen LogP) is -0.715. The Bertz CT molecular complexity index is 475. The van der Waals surface area contributed by atoms with E-state index in [0.29, 0.717) is 32.3 Å². The number of nitrogens with two attached hydrogens (primary N) is 1. The van der Waals surface area contributed by atoms with E-state index in [9.17, 15) is 0 Å². The van der Waals surface area contributed by atoms with Gasteiger partial charge in [-0.15, -0.1) is 0 Å². The second-order valence-electron chi connectivity index (χ2n) is 3.75. The Morgan fingerprint density at radius 1 is 1.58 bits per heavy atom. The molecular weight excluding hydrogens is 250 g/mol. The molecule has 2 rings (SSSR count). The van der Waals surface area contributed by atoms with Crippen LogP contribution in [0.3, 0.4) is 0 Å². The number of ether oxygens (including phenoxy) is 2. The SMILES string of the molecule is CCOc1nc(NN)nc(N2CCOC(C#N)C2)n1. The van der Waals surface area contributed by atoms with Crippen molar-refractivity contribution in [2.45, 2.75) is 13.0 Å². The molecule has 19 heavy (non-hydrogen) atoms. The number of nitrogen functional groups attached to an aromatic ring is 1. The van der Waals surface area contributed by atoms with E-state index in [4.69, 9.17) is 20.6 Å². The molecule has 9 nitrogen and oxygen atoms in total. The van der Waals surface area contributed by atoms with Crippen molar-refractivity contribution in [3.8, 4) is 12.1 Å². The lowest BCUT2D eigenvalue weighted by molar-refractivity contribution is 0.0757. The molecule has 0 radical (unpaired) electrons. The lowest BCUT2D eigenvalue weighted by Gasteiger charge is -2.29. The number of nitrogens with one attached hydrogen (secondary N) is 1. The molecule has 1 aromatic heterocycles. The summed E-state index contributed by atoms with van der Waals surface area (Å²) in [7, 11) is 0. The van der Waals surface area contributed by atoms with Crippen LogP contribution >= 0.6 is 0 Å². The van der Waals surface area contributed by atoms with Gasteiger partial charge in [-0.25, -0.2) is 5.84 Å². The number of morpholine rings is 1. The predicted molar refractivity (Wildman–Crippen MR) is 66.4 cm³/mol. The quantitative estimate of drug-likeness (QED) is 0.536. The minimum Gasteiger partial charge on any atom is -0.464 e. The summed E-state index contributed by atoms with van der Waals surface area (Å²) in [6.45, 7) is 3.71. The highest BCUT2D eigenvalue weighted by atomic mass is 16.5. The summed E-state index contributed by atoms with van der Waals surface area (Å²) in [6.07, 6.45) is -0.490. The highest BCUT2D eigenvalue weighted by Crippen LogP contribution is 2.17. The van der Waals surface area contributed by atoms with Gasteiger partial charge in [0.05, 0.1) is 25.8 Å². The summed E-state index contributed by atoms with van der Waals surface area (Å²) in [4.78, 5) is 14.1. The first-order chi connectivity index (χ1) is 9.26. The van der Waals surface area contributed by atoms with Crippen molar-refractivity contribution in [3.05, 3.63) is 0 Å². The van der Waals surface area contributed by atoms with E-state index >= 15 is 0 Å². The van der Waals surface area contributed by atoms with Crippen molar-refractivity contribution in [3.63, 3.8) is 0 Å². The molecule has 1 unspecified atom stereocenters. The smallest absolute Gasteiger partial charge is 0.323 e. The Morgan fingerprint density at radius 3 is 3.11 bits per heavy atom. The Hall–Kier alpha value is -2.18. The molecule has 102 valence electrons. The topological polar surface area (TPSA) is 122 Å². The van der Waals surface area contributed by atoms with E-state index in [1.165, 1.54) is 0 Å². The third-order valence-electron chi connectivity index (χ3n) is 2.50. The van der Waals surface area contributed by atoms with Crippen molar-refractivity contribution in [2.24, 2.45) is 5.84 Å². The van der Waals surface area contributed by atoms with E-state index in [2.05, 4.69) is 26.4 Å². The lowest BCUT2D eigenvalue weighted by atomic mass is 10.3. The van der Waals surface area contributed by atoms with Crippen LogP contribution < -0.4 is 20.9 Å². The number of hydrazine groups is 1. The molecule has 1 atom stereocenters. The normalized spacial score (nSPS) is 18.8. The van der Waals surface area contributed by atoms with Crippen LogP contribution in [0.2, 0.25) is 0 Å². The van der Waals surface area contributed by atoms with Gasteiger partial charge in [-0.05, 0) is 6.92 Å². The van der Waals surface area contributed by atoms with Gasteiger partial charge in [-0.2, -0.15) is 20.2 Å². The zero-order valence-electron chi connectivity index (χ0n) is 10.5. The fraction of sp³-hybridized carbons (Fsp3) is 0.600. The fourth-order valence-electron chi connectivity index (χ4n) is 1.65. The summed E-state index contributed by atoms with van der Waals surface area (Å²) >= 11 is 0. The van der Waals surface area contributed by atoms with Gasteiger partial charge in [0.1, 0.15) is 0 Å². The van der Waals surface area contributed by atoms with Crippen LogP contribution in [-0.2, 0) is 4.74 Å². The summed E-state index contributed by atoms with van der Waals surface area (Å²) in [5.74, 6) is 5.94. The maximum absolute atomic E-state index is 8.88. The van der Waals surface area contributed by atoms with E-state index in [1.54, 1.807) is 0 Å². The summed E-state index contributed by atoms with van der Waals surface area (Å²) < 4.78 is 10.5. The highest BCUT2D eigenvalue weighted by molar-refractivity contribution is 5.38. The van der Waals surface area contributed by atoms with E-state index in [-0.39, 0.29) is 12.0 Å². The van der Waals surface area contributed by atoms with Crippen LogP contribution in [0.4, 0.5) is 11.9 Å². The Morgan fingerprint density at radius 2 is 2.42 bits per heavy atom. The van der Waals surface area contributed by atoms with Crippen molar-refractivity contribution in [2.75, 3.05) is 36.6 Å². The standard InChI is InChI=1S/C10H15N7O2/c1-2-18-10-14-8(16-12)13-9(15-10)17-3-4-19-7(5-11)6-17/h7H,2-4,6,12H2,1H3,(H,13,14,15,16). The summed E-state index contributed by atoms with van der Waals surface area (Å²) in [6, 6.07) is 2.26. The maximum Gasteiger partial charge on any atom is 0.323 e. The molecule has 9 heteroatoms. The molecular formula is C10H15N7O2. The summed E-state index contributed by atoms with van der Waals surface area (Å²) in [5, 5.41) is 8.88. The second kappa shape index (κ2) is 6.12. The number of anilines is 2. The van der Waals surface area contributed by atoms with Crippen molar-refractivity contribution < 1.29 is 9.47 Å². The number of rotatable bonds is 4. The van der Waals surface area contributed by atoms with Crippen LogP contribution in [0.25, 0.3) is 0 Å². The molecule has 0 amide bonds. The highest BCUT2D eigenvalue weighted by Gasteiger charge is 2.23. The van der Waals surface area contributed by atoms with Crippen LogP contribution in [-0.4, -0.2) is 47.4 Å². The maximum atomic E-state index is 8.88. The van der Waals surface area contributed by atoms with Crippen molar-refractivity contribution >= 4 is 11.9 Å². The van der Waals surface area contributed by atoms with Gasteiger partial charge in [0.25, 0.3) is 0 Å². The molecule has 0 bridgehead atoms. The van der Waals surface area contributed by atoms with Gasteiger partial charge < -0.3 is 14.4 Å². The third-order valence-corrected chi connectivity index (χ3v) is 2.50. The van der Waals surface area contributed by atoms with Gasteiger partial charge in [-0.3, -0.25) is 5.43 Å². The zero-order valence-corrected chi connectivity index (χ0v) is 10.5. The van der Waals surface area contributed by atoms with Gasteiger partial charge in [0, 0.05) is 6.54 Å². The number of aromatic nitrogens is 3. The second-order valence-corrected chi connectivity index (χ2v) is 3.75. The minimum atomic E-state index is -0.490. The van der Waals surface area contributed by atoms with Crippen LogP contribution in [0.1, 0.15) is 6.92 Å². The monoisotopic (exact) mass is 265 g/mol. The number of nitriles is 1. The van der Waals surface area contributed by atoms with Gasteiger partial charge in [-0.1, -0.05) is 0 Å². The first-order valence-electron chi connectivity index (χ1n) is 5.88. The molecule has 1 aliphatic heterocycles. The van der Waals surface area contributed by atoms with Gasteiger partial charge in [0.15, 0.2) is 6.10 Å². The molecule has 3 N–H and O–H groups in total. The molecule has 1 fully saturated rings. The molecule has 0 spiro atoms. The molecule has 1 saturated heterocycles. The molecule has 1 aliphatic rings. The van der Waals surface area contributed by atoms with Crippen LogP contribution in [0, 0.1) is 11.3 Å². The third kappa shape index (κ3) is 3.18. The van der Waals surface area contributed by atoms with Crippen molar-refractivity contribution in [1.82, 2.24) is 15.0 Å². The molecule has 0 saturated carbocycles. The minimum absolute atomic E-state index is 0.195. The number of hydrogen-bond acceptors (Lipinski definition) is 9. The summed E-state index contributed by atoms with van der Waals surface area (Å²) in [5.41, 5.74) is 2.37. The fourth-order valence-corrected chi connectivity index (χ4v) is 1.65. The van der Waals surface area contributed by atoms with Crippen LogP contribution in [0.5, 0.6) is 6.01 Å². The largest absolute Gasteiger partial charge is 0.464 e. The molecule has 0 aliphatic carbocycles. The van der Waals surface area contributed by atoms with E-state index in [1.807, 2.05) is 11.8 Å². The first-order valence-corrected chi connectivity index (χ1v) is 5.88. The van der Waals surface area contributed by atoms with E-state index < -0.39 is 6.10 Å². The van der Waals surface area contributed by atoms with Gasteiger partial charge in [0.2, 0.25) is 11.9 Å². The molecule has 0 aromatic carbocycles. The number of nitrogens with zero attached hydrogens (tertiary/aromatic N) is 5. The zero-order chi connectivity index (χ0) is 13.7. The van der Waals surface area contributed by atoms with Gasteiger partial charge >= 0.3 is 6.01 Å². The average Bonchev–Trinajstić information content (AvgIpc) is 2.47. The number of hydrogen-bond donors (Lipinski definition) is 2. The average molecular weight is 265 g/mol. The Labute approximate surface area is 110 Å². The Balaban J connectivity index is 2.22. The molecule has 2 heterocycles. The van der Waals surface area contributed by atoms with Crippen LogP contribution in [0.15, 0.2) is 0 Å². The molecule has 1 aromatic rings. The Kier molecular flexibility index (Phi) is 4.27. The van der Waals surface area contributed by atoms with Crippen molar-refractivity contribution in [1.29, 1.82) is 5.26 Å². The lowest BCUT2D eigenvalue weighted by Crippen LogP contribution is -2.42. The van der Waals surface area contributed by atoms with E-state index in [0.717, 1.165) is 0 Å². The first kappa shape index (κ1) is 13.3.